The third-order valence-corrected chi connectivity index (χ3v) is 5.82. The first-order chi connectivity index (χ1) is 14.3. The van der Waals surface area contributed by atoms with Gasteiger partial charge < -0.3 is 5.32 Å². The van der Waals surface area contributed by atoms with E-state index >= 15 is 0 Å². The zero-order chi connectivity index (χ0) is 21.3. The van der Waals surface area contributed by atoms with Crippen molar-refractivity contribution in [3.63, 3.8) is 0 Å². The van der Waals surface area contributed by atoms with Crippen LogP contribution in [0.25, 0.3) is 11.0 Å². The number of nitrogens with zero attached hydrogens (tertiary/aromatic N) is 3. The molecule has 1 saturated carbocycles. The average molecular weight is 437 g/mol. The summed E-state index contributed by atoms with van der Waals surface area (Å²) in [6, 6.07) is 6.55. The third-order valence-electron chi connectivity index (χ3n) is 5.49. The van der Waals surface area contributed by atoms with Crippen LogP contribution in [0.5, 0.6) is 0 Å². The number of hydrogen-bond donors (Lipinski definition) is 1. The van der Waals surface area contributed by atoms with Crippen LogP contribution >= 0.6 is 11.6 Å². The van der Waals surface area contributed by atoms with Crippen molar-refractivity contribution in [3.05, 3.63) is 58.9 Å². The van der Waals surface area contributed by atoms with Gasteiger partial charge in [0.1, 0.15) is 0 Å². The Kier molecular flexibility index (Phi) is 5.69. The Labute approximate surface area is 176 Å². The van der Waals surface area contributed by atoms with E-state index in [-0.39, 0.29) is 16.6 Å². The molecular formula is C21H20ClF3N4O. The zero-order valence-corrected chi connectivity index (χ0v) is 16.7. The minimum atomic E-state index is -4.52. The van der Waals surface area contributed by atoms with Crippen molar-refractivity contribution in [2.75, 3.05) is 0 Å². The van der Waals surface area contributed by atoms with Crippen molar-refractivity contribution in [1.82, 2.24) is 20.1 Å². The van der Waals surface area contributed by atoms with Crippen LogP contribution in [0.2, 0.25) is 5.02 Å². The summed E-state index contributed by atoms with van der Waals surface area (Å²) in [6.45, 7) is 0.774. The highest BCUT2D eigenvalue weighted by molar-refractivity contribution is 6.33. The first-order valence-electron chi connectivity index (χ1n) is 9.75. The SMILES string of the molecule is O=C(NC1CCC(Cn2cc3cccnc3n2)CC1)c1cc(C(F)(F)F)ccc1Cl. The molecule has 0 unspecified atom stereocenters. The summed E-state index contributed by atoms with van der Waals surface area (Å²) in [5, 5.41) is 8.32. The van der Waals surface area contributed by atoms with Gasteiger partial charge in [0.25, 0.3) is 5.91 Å². The normalized spacial score (nSPS) is 19.7. The summed E-state index contributed by atoms with van der Waals surface area (Å²) in [6.07, 6.45) is 2.47. The molecule has 1 fully saturated rings. The molecule has 1 aromatic carbocycles. The standard InChI is InChI=1S/C21H20ClF3N4O/c22-18-8-5-15(21(23,24)25)10-17(18)20(30)27-16-6-3-13(4-7-16)11-29-12-14-2-1-9-26-19(14)28-29/h1-2,5,8-10,12-13,16H,3-4,6-7,11H2,(H,27,30). The minimum absolute atomic E-state index is 0.00791. The van der Waals surface area contributed by atoms with Gasteiger partial charge in [0.05, 0.1) is 16.1 Å². The quantitative estimate of drug-likeness (QED) is 0.619. The Morgan fingerprint density at radius 2 is 1.97 bits per heavy atom. The Morgan fingerprint density at radius 1 is 1.20 bits per heavy atom. The van der Waals surface area contributed by atoms with E-state index in [1.807, 2.05) is 23.0 Å². The number of rotatable bonds is 4. The predicted octanol–water partition coefficient (Wildman–Crippen LogP) is 5.09. The predicted molar refractivity (Wildman–Crippen MR) is 107 cm³/mol. The number of amides is 1. The van der Waals surface area contributed by atoms with Gasteiger partial charge in [-0.15, -0.1) is 0 Å². The molecule has 2 heterocycles. The zero-order valence-electron chi connectivity index (χ0n) is 16.0. The molecule has 1 N–H and O–H groups in total. The molecule has 0 bridgehead atoms. The second-order valence-corrected chi connectivity index (χ2v) is 8.06. The molecule has 1 aliphatic carbocycles. The summed E-state index contributed by atoms with van der Waals surface area (Å²) < 4.78 is 40.7. The molecule has 158 valence electrons. The summed E-state index contributed by atoms with van der Waals surface area (Å²) in [4.78, 5) is 16.7. The molecule has 0 aliphatic heterocycles. The van der Waals surface area contributed by atoms with E-state index in [0.29, 0.717) is 5.92 Å². The number of halogens is 4. The fraction of sp³-hybridized carbons (Fsp3) is 0.381. The van der Waals surface area contributed by atoms with E-state index in [0.717, 1.165) is 61.5 Å². The molecular weight excluding hydrogens is 417 g/mol. The summed E-state index contributed by atoms with van der Waals surface area (Å²) in [5.74, 6) is -0.149. The fourth-order valence-electron chi connectivity index (χ4n) is 3.89. The Balaban J connectivity index is 1.34. The Morgan fingerprint density at radius 3 is 2.67 bits per heavy atom. The second kappa shape index (κ2) is 8.26. The Bertz CT molecular complexity index is 1020. The van der Waals surface area contributed by atoms with Crippen molar-refractivity contribution in [3.8, 4) is 0 Å². The van der Waals surface area contributed by atoms with E-state index in [1.54, 1.807) is 6.20 Å². The van der Waals surface area contributed by atoms with E-state index < -0.39 is 17.6 Å². The third kappa shape index (κ3) is 4.59. The number of carbonyl (C=O) groups is 1. The molecule has 0 spiro atoms. The number of hydrogen-bond acceptors (Lipinski definition) is 3. The van der Waals surface area contributed by atoms with Crippen molar-refractivity contribution >= 4 is 28.5 Å². The lowest BCUT2D eigenvalue weighted by atomic mass is 9.86. The molecule has 9 heteroatoms. The van der Waals surface area contributed by atoms with Crippen molar-refractivity contribution < 1.29 is 18.0 Å². The monoisotopic (exact) mass is 436 g/mol. The van der Waals surface area contributed by atoms with Gasteiger partial charge in [-0.1, -0.05) is 11.6 Å². The maximum Gasteiger partial charge on any atom is 0.416 e. The molecule has 3 aromatic rings. The average Bonchev–Trinajstić information content (AvgIpc) is 3.11. The van der Waals surface area contributed by atoms with Crippen LogP contribution in [0.3, 0.4) is 0 Å². The van der Waals surface area contributed by atoms with E-state index in [4.69, 9.17) is 11.6 Å². The van der Waals surface area contributed by atoms with Crippen LogP contribution in [-0.2, 0) is 12.7 Å². The second-order valence-electron chi connectivity index (χ2n) is 7.65. The lowest BCUT2D eigenvalue weighted by Crippen LogP contribution is -2.38. The highest BCUT2D eigenvalue weighted by Crippen LogP contribution is 2.32. The summed E-state index contributed by atoms with van der Waals surface area (Å²) in [5.41, 5.74) is -0.317. The lowest BCUT2D eigenvalue weighted by molar-refractivity contribution is -0.137. The molecule has 1 aliphatic rings. The van der Waals surface area contributed by atoms with Gasteiger partial charge in [0, 0.05) is 30.4 Å². The van der Waals surface area contributed by atoms with Crippen LogP contribution in [-0.4, -0.2) is 26.7 Å². The van der Waals surface area contributed by atoms with Gasteiger partial charge in [-0.3, -0.25) is 9.48 Å². The smallest absolute Gasteiger partial charge is 0.349 e. The van der Waals surface area contributed by atoms with E-state index in [1.165, 1.54) is 0 Å². The minimum Gasteiger partial charge on any atom is -0.349 e. The highest BCUT2D eigenvalue weighted by Gasteiger charge is 2.32. The van der Waals surface area contributed by atoms with Gasteiger partial charge in [-0.25, -0.2) is 4.98 Å². The number of aromatic nitrogens is 3. The summed E-state index contributed by atoms with van der Waals surface area (Å²) >= 11 is 5.96. The van der Waals surface area contributed by atoms with Crippen LogP contribution < -0.4 is 5.32 Å². The van der Waals surface area contributed by atoms with Crippen LogP contribution in [0.15, 0.2) is 42.7 Å². The van der Waals surface area contributed by atoms with E-state index in [2.05, 4.69) is 15.4 Å². The van der Waals surface area contributed by atoms with Crippen LogP contribution in [0.1, 0.15) is 41.6 Å². The van der Waals surface area contributed by atoms with Gasteiger partial charge in [-0.05, 0) is 61.9 Å². The first-order valence-corrected chi connectivity index (χ1v) is 10.1. The lowest BCUT2D eigenvalue weighted by Gasteiger charge is -2.29. The Hall–Kier alpha value is -2.61. The maximum absolute atomic E-state index is 12.9. The number of benzene rings is 1. The maximum atomic E-state index is 12.9. The number of carbonyl (C=O) groups excluding carboxylic acids is 1. The van der Waals surface area contributed by atoms with E-state index in [9.17, 15) is 18.0 Å². The fourth-order valence-corrected chi connectivity index (χ4v) is 4.09. The molecule has 2 aromatic heterocycles. The van der Waals surface area contributed by atoms with Gasteiger partial charge in [0.2, 0.25) is 0 Å². The summed E-state index contributed by atoms with van der Waals surface area (Å²) in [7, 11) is 0. The number of fused-ring (bicyclic) bond motifs is 1. The van der Waals surface area contributed by atoms with Gasteiger partial charge in [0.15, 0.2) is 5.65 Å². The molecule has 5 nitrogen and oxygen atoms in total. The van der Waals surface area contributed by atoms with Crippen LogP contribution in [0, 0.1) is 5.92 Å². The van der Waals surface area contributed by atoms with Crippen LogP contribution in [0.4, 0.5) is 13.2 Å². The largest absolute Gasteiger partial charge is 0.416 e. The molecule has 0 radical (unpaired) electrons. The molecule has 30 heavy (non-hydrogen) atoms. The first kappa shape index (κ1) is 20.7. The number of nitrogens with one attached hydrogen (secondary N) is 1. The molecule has 0 atom stereocenters. The van der Waals surface area contributed by atoms with Gasteiger partial charge in [-0.2, -0.15) is 18.3 Å². The topological polar surface area (TPSA) is 59.8 Å². The highest BCUT2D eigenvalue weighted by atomic mass is 35.5. The van der Waals surface area contributed by atoms with Crippen molar-refractivity contribution in [1.29, 1.82) is 0 Å². The molecule has 1 amide bonds. The molecule has 4 rings (SSSR count). The number of alkyl halides is 3. The molecule has 0 saturated heterocycles. The number of pyridine rings is 1. The van der Waals surface area contributed by atoms with Gasteiger partial charge >= 0.3 is 6.18 Å². The van der Waals surface area contributed by atoms with Crippen molar-refractivity contribution in [2.24, 2.45) is 5.92 Å². The van der Waals surface area contributed by atoms with Crippen molar-refractivity contribution in [2.45, 2.75) is 44.4 Å².